The minimum absolute atomic E-state index is 0.338. The number of hydrogen-bond donors (Lipinski definition) is 2. The summed E-state index contributed by atoms with van der Waals surface area (Å²) in [5, 5.41) is 18.5. The summed E-state index contributed by atoms with van der Waals surface area (Å²) in [5.41, 5.74) is 1.01. The van der Waals surface area contributed by atoms with E-state index in [1.807, 2.05) is 5.38 Å². The summed E-state index contributed by atoms with van der Waals surface area (Å²) in [7, 11) is 0. The molecule has 1 aliphatic rings. The summed E-state index contributed by atoms with van der Waals surface area (Å²) in [4.78, 5) is 0. The van der Waals surface area contributed by atoms with Crippen LogP contribution in [0, 0.1) is 11.8 Å². The van der Waals surface area contributed by atoms with Crippen molar-refractivity contribution in [2.24, 2.45) is 11.8 Å². The maximum absolute atomic E-state index is 9.17. The Morgan fingerprint density at radius 3 is 3.07 bits per heavy atom. The first-order chi connectivity index (χ1) is 7.40. The summed E-state index contributed by atoms with van der Waals surface area (Å²) in [6.07, 6.45) is 3.68. The second kappa shape index (κ2) is 5.53. The van der Waals surface area contributed by atoms with E-state index in [1.165, 1.54) is 30.8 Å². The Morgan fingerprint density at radius 1 is 1.47 bits per heavy atom. The minimum atomic E-state index is 0.338. The van der Waals surface area contributed by atoms with Gasteiger partial charge in [0.15, 0.2) is 0 Å². The van der Waals surface area contributed by atoms with Crippen molar-refractivity contribution in [1.29, 1.82) is 0 Å². The molecule has 5 heteroatoms. The summed E-state index contributed by atoms with van der Waals surface area (Å²) >= 11 is 1.39. The van der Waals surface area contributed by atoms with E-state index >= 15 is 0 Å². The third-order valence-corrected chi connectivity index (χ3v) is 3.72. The number of hydrogen-bond acceptors (Lipinski definition) is 5. The minimum Gasteiger partial charge on any atom is -0.396 e. The maximum Gasteiger partial charge on any atom is 0.0893 e. The highest BCUT2D eigenvalue weighted by Gasteiger charge is 2.25. The van der Waals surface area contributed by atoms with Crippen LogP contribution in [0.3, 0.4) is 0 Å². The van der Waals surface area contributed by atoms with Crippen LogP contribution in [0.4, 0.5) is 0 Å². The monoisotopic (exact) mass is 227 g/mol. The van der Waals surface area contributed by atoms with Crippen LogP contribution in [0.15, 0.2) is 5.38 Å². The van der Waals surface area contributed by atoms with Crippen molar-refractivity contribution in [3.63, 3.8) is 0 Å². The number of rotatable bonds is 5. The smallest absolute Gasteiger partial charge is 0.0893 e. The molecule has 1 aromatic heterocycles. The predicted octanol–water partition coefficient (Wildman–Crippen LogP) is 1.04. The standard InChI is InChI=1S/C10H17N3OS/c14-6-9-3-1-2-8(9)4-11-5-10-7-15-13-12-10/h7-9,11,14H,1-6H2. The van der Waals surface area contributed by atoms with E-state index in [0.717, 1.165) is 18.8 Å². The third-order valence-electron chi connectivity index (χ3n) is 3.17. The molecule has 0 aliphatic heterocycles. The van der Waals surface area contributed by atoms with E-state index in [0.29, 0.717) is 18.4 Å². The Hall–Kier alpha value is -0.520. The Labute approximate surface area is 93.9 Å². The molecule has 0 radical (unpaired) electrons. The number of nitrogens with one attached hydrogen (secondary N) is 1. The summed E-state index contributed by atoms with van der Waals surface area (Å²) < 4.78 is 3.82. The van der Waals surface area contributed by atoms with Crippen LogP contribution >= 0.6 is 11.5 Å². The molecular weight excluding hydrogens is 210 g/mol. The second-order valence-corrected chi connectivity index (χ2v) is 4.77. The number of nitrogens with zero attached hydrogens (tertiary/aromatic N) is 2. The van der Waals surface area contributed by atoms with Crippen molar-refractivity contribution in [2.45, 2.75) is 25.8 Å². The van der Waals surface area contributed by atoms with Gasteiger partial charge in [0.25, 0.3) is 0 Å². The fourth-order valence-electron chi connectivity index (χ4n) is 2.27. The van der Waals surface area contributed by atoms with Gasteiger partial charge >= 0.3 is 0 Å². The van der Waals surface area contributed by atoms with Gasteiger partial charge in [0.2, 0.25) is 0 Å². The van der Waals surface area contributed by atoms with Crippen LogP contribution in [-0.2, 0) is 6.54 Å². The molecule has 1 aliphatic carbocycles. The molecule has 1 aromatic rings. The van der Waals surface area contributed by atoms with Gasteiger partial charge in [-0.15, -0.1) is 5.10 Å². The van der Waals surface area contributed by atoms with E-state index < -0.39 is 0 Å². The number of aliphatic hydroxyl groups excluding tert-OH is 1. The van der Waals surface area contributed by atoms with Crippen molar-refractivity contribution in [3.8, 4) is 0 Å². The zero-order valence-electron chi connectivity index (χ0n) is 8.72. The number of aromatic nitrogens is 2. The zero-order valence-corrected chi connectivity index (χ0v) is 9.54. The molecule has 2 unspecified atom stereocenters. The predicted molar refractivity (Wildman–Crippen MR) is 59.5 cm³/mol. The molecule has 0 aromatic carbocycles. The average Bonchev–Trinajstić information content (AvgIpc) is 2.88. The van der Waals surface area contributed by atoms with E-state index in [2.05, 4.69) is 14.9 Å². The van der Waals surface area contributed by atoms with Gasteiger partial charge in [-0.05, 0) is 42.8 Å². The van der Waals surface area contributed by atoms with Crippen LogP contribution in [-0.4, -0.2) is 27.8 Å². The Bertz CT molecular complexity index is 278. The van der Waals surface area contributed by atoms with Gasteiger partial charge in [0, 0.05) is 18.5 Å². The van der Waals surface area contributed by atoms with Crippen LogP contribution in [0.1, 0.15) is 25.0 Å². The quantitative estimate of drug-likeness (QED) is 0.789. The van der Waals surface area contributed by atoms with Gasteiger partial charge < -0.3 is 10.4 Å². The van der Waals surface area contributed by atoms with E-state index in [1.54, 1.807) is 0 Å². The van der Waals surface area contributed by atoms with Gasteiger partial charge in [0.05, 0.1) is 5.69 Å². The highest BCUT2D eigenvalue weighted by atomic mass is 32.1. The lowest BCUT2D eigenvalue weighted by atomic mass is 9.97. The molecule has 0 amide bonds. The average molecular weight is 227 g/mol. The highest BCUT2D eigenvalue weighted by molar-refractivity contribution is 7.03. The van der Waals surface area contributed by atoms with Crippen molar-refractivity contribution in [2.75, 3.05) is 13.2 Å². The lowest BCUT2D eigenvalue weighted by Gasteiger charge is -2.17. The molecule has 0 spiro atoms. The molecule has 84 valence electrons. The molecule has 1 heterocycles. The van der Waals surface area contributed by atoms with Crippen LogP contribution in [0.2, 0.25) is 0 Å². The molecule has 2 rings (SSSR count). The van der Waals surface area contributed by atoms with Crippen molar-refractivity contribution >= 4 is 11.5 Å². The molecule has 15 heavy (non-hydrogen) atoms. The topological polar surface area (TPSA) is 58.0 Å². The van der Waals surface area contributed by atoms with Gasteiger partial charge in [-0.2, -0.15) is 0 Å². The maximum atomic E-state index is 9.17. The Kier molecular flexibility index (Phi) is 4.05. The summed E-state index contributed by atoms with van der Waals surface area (Å²) in [6.45, 7) is 2.12. The molecule has 2 atom stereocenters. The largest absolute Gasteiger partial charge is 0.396 e. The molecule has 4 nitrogen and oxygen atoms in total. The van der Waals surface area contributed by atoms with Gasteiger partial charge in [-0.1, -0.05) is 10.9 Å². The fraction of sp³-hybridized carbons (Fsp3) is 0.800. The normalized spacial score (nSPS) is 25.9. The summed E-state index contributed by atoms with van der Waals surface area (Å²) in [5.74, 6) is 1.15. The van der Waals surface area contributed by atoms with Gasteiger partial charge in [0.1, 0.15) is 0 Å². The van der Waals surface area contributed by atoms with E-state index in [4.69, 9.17) is 0 Å². The first-order valence-corrected chi connectivity index (χ1v) is 6.31. The summed E-state index contributed by atoms with van der Waals surface area (Å²) in [6, 6.07) is 0. The van der Waals surface area contributed by atoms with Crippen LogP contribution in [0.5, 0.6) is 0 Å². The van der Waals surface area contributed by atoms with Crippen molar-refractivity contribution in [3.05, 3.63) is 11.1 Å². The van der Waals surface area contributed by atoms with Gasteiger partial charge in [-0.25, -0.2) is 0 Å². The van der Waals surface area contributed by atoms with E-state index in [9.17, 15) is 5.11 Å². The SMILES string of the molecule is OCC1CCCC1CNCc1csnn1. The molecule has 0 saturated heterocycles. The van der Waals surface area contributed by atoms with Crippen molar-refractivity contribution in [1.82, 2.24) is 14.9 Å². The second-order valence-electron chi connectivity index (χ2n) is 4.16. The first-order valence-electron chi connectivity index (χ1n) is 5.47. The lowest BCUT2D eigenvalue weighted by Crippen LogP contribution is -2.26. The number of aliphatic hydroxyl groups is 1. The first kappa shape index (κ1) is 11.0. The fourth-order valence-corrected chi connectivity index (χ4v) is 2.72. The van der Waals surface area contributed by atoms with Crippen LogP contribution in [0.25, 0.3) is 0 Å². The van der Waals surface area contributed by atoms with E-state index in [-0.39, 0.29) is 0 Å². The molecule has 1 saturated carbocycles. The van der Waals surface area contributed by atoms with Gasteiger partial charge in [-0.3, -0.25) is 0 Å². The third kappa shape index (κ3) is 2.96. The molecule has 2 N–H and O–H groups in total. The Balaban J connectivity index is 1.69. The molecule has 1 fully saturated rings. The zero-order chi connectivity index (χ0) is 10.5. The molecular formula is C10H17N3OS. The highest BCUT2D eigenvalue weighted by Crippen LogP contribution is 2.30. The Morgan fingerprint density at radius 2 is 2.33 bits per heavy atom. The van der Waals surface area contributed by atoms with Crippen LogP contribution < -0.4 is 5.32 Å². The van der Waals surface area contributed by atoms with Crippen molar-refractivity contribution < 1.29 is 5.11 Å². The molecule has 0 bridgehead atoms. The lowest BCUT2D eigenvalue weighted by molar-refractivity contribution is 0.192.